The Labute approximate surface area is 143 Å². The van der Waals surface area contributed by atoms with Gasteiger partial charge in [0.1, 0.15) is 0 Å². The molecule has 2 heterocycles. The zero-order valence-electron chi connectivity index (χ0n) is 14.5. The van der Waals surface area contributed by atoms with Gasteiger partial charge in [-0.25, -0.2) is 0 Å². The maximum atomic E-state index is 12.3. The Morgan fingerprint density at radius 1 is 1.33 bits per heavy atom. The third-order valence-electron chi connectivity index (χ3n) is 4.99. The third kappa shape index (κ3) is 3.78. The van der Waals surface area contributed by atoms with Crippen molar-refractivity contribution < 1.29 is 14.3 Å². The molecule has 130 valence electrons. The Morgan fingerprint density at radius 3 is 2.67 bits per heavy atom. The van der Waals surface area contributed by atoms with Crippen LogP contribution in [0.3, 0.4) is 0 Å². The quantitative estimate of drug-likeness (QED) is 0.903. The number of nitrogens with one attached hydrogen (secondary N) is 1. The van der Waals surface area contributed by atoms with E-state index in [1.165, 1.54) is 0 Å². The van der Waals surface area contributed by atoms with Gasteiger partial charge in [-0.2, -0.15) is 0 Å². The van der Waals surface area contributed by atoms with E-state index in [4.69, 9.17) is 4.74 Å². The van der Waals surface area contributed by atoms with Crippen molar-refractivity contribution in [2.75, 3.05) is 18.1 Å². The number of benzene rings is 1. The first kappa shape index (κ1) is 17.0. The van der Waals surface area contributed by atoms with E-state index < -0.39 is 0 Å². The molecule has 2 amide bonds. The van der Waals surface area contributed by atoms with Gasteiger partial charge >= 0.3 is 0 Å². The summed E-state index contributed by atoms with van der Waals surface area (Å²) in [5.41, 5.74) is 1.66. The number of nitrogens with zero attached hydrogens (tertiary/aromatic N) is 1. The van der Waals surface area contributed by atoms with Crippen molar-refractivity contribution >= 4 is 17.5 Å². The molecule has 5 heteroatoms. The summed E-state index contributed by atoms with van der Waals surface area (Å²) in [6.45, 7) is 5.52. The van der Waals surface area contributed by atoms with Gasteiger partial charge in [-0.15, -0.1) is 0 Å². The number of hydrogen-bond donors (Lipinski definition) is 1. The summed E-state index contributed by atoms with van der Waals surface area (Å²) in [7, 11) is 0. The SMILES string of the molecule is CC(NC(=O)CC1(C)CCCO1)c1ccc(N2CCCC2=O)cc1. The number of carbonyl (C=O) groups excluding carboxylic acids is 2. The normalized spacial score (nSPS) is 25.1. The summed E-state index contributed by atoms with van der Waals surface area (Å²) in [5.74, 6) is 0.208. The van der Waals surface area contributed by atoms with Crippen molar-refractivity contribution in [3.63, 3.8) is 0 Å². The highest BCUT2D eigenvalue weighted by Crippen LogP contribution is 2.29. The summed E-state index contributed by atoms with van der Waals surface area (Å²) < 4.78 is 5.68. The highest BCUT2D eigenvalue weighted by molar-refractivity contribution is 5.95. The molecule has 2 atom stereocenters. The third-order valence-corrected chi connectivity index (χ3v) is 4.99. The van der Waals surface area contributed by atoms with Crippen molar-refractivity contribution in [2.45, 2.75) is 57.6 Å². The minimum absolute atomic E-state index is 0.0192. The molecule has 1 aromatic carbocycles. The average Bonchev–Trinajstić information content (AvgIpc) is 3.16. The summed E-state index contributed by atoms with van der Waals surface area (Å²) >= 11 is 0. The van der Waals surface area contributed by atoms with E-state index in [1.807, 2.05) is 43.0 Å². The Kier molecular flexibility index (Phi) is 4.90. The van der Waals surface area contributed by atoms with Gasteiger partial charge in [-0.3, -0.25) is 9.59 Å². The predicted octanol–water partition coefficient (Wildman–Crippen LogP) is 2.95. The molecule has 0 aromatic heterocycles. The van der Waals surface area contributed by atoms with Crippen LogP contribution in [0, 0.1) is 0 Å². The van der Waals surface area contributed by atoms with Crippen LogP contribution in [0.2, 0.25) is 0 Å². The molecule has 2 fully saturated rings. The number of rotatable bonds is 5. The topological polar surface area (TPSA) is 58.6 Å². The van der Waals surface area contributed by atoms with Crippen LogP contribution in [0.4, 0.5) is 5.69 Å². The van der Waals surface area contributed by atoms with Crippen molar-refractivity contribution in [3.8, 4) is 0 Å². The van der Waals surface area contributed by atoms with Crippen molar-refractivity contribution in [3.05, 3.63) is 29.8 Å². The fraction of sp³-hybridized carbons (Fsp3) is 0.579. The molecule has 2 unspecified atom stereocenters. The average molecular weight is 330 g/mol. The summed E-state index contributed by atoms with van der Waals surface area (Å²) in [6.07, 6.45) is 3.92. The second kappa shape index (κ2) is 6.93. The molecule has 2 saturated heterocycles. The van der Waals surface area contributed by atoms with Crippen LogP contribution in [0.15, 0.2) is 24.3 Å². The lowest BCUT2D eigenvalue weighted by Crippen LogP contribution is -2.35. The summed E-state index contributed by atoms with van der Waals surface area (Å²) in [6, 6.07) is 7.83. The first-order valence-electron chi connectivity index (χ1n) is 8.80. The zero-order chi connectivity index (χ0) is 17.2. The smallest absolute Gasteiger partial charge is 0.227 e. The van der Waals surface area contributed by atoms with Gasteiger partial charge in [-0.05, 0) is 50.8 Å². The van der Waals surface area contributed by atoms with E-state index in [-0.39, 0.29) is 23.5 Å². The van der Waals surface area contributed by atoms with Crippen molar-refractivity contribution in [2.24, 2.45) is 0 Å². The molecule has 24 heavy (non-hydrogen) atoms. The van der Waals surface area contributed by atoms with Crippen molar-refractivity contribution in [1.29, 1.82) is 0 Å². The number of hydrogen-bond acceptors (Lipinski definition) is 3. The summed E-state index contributed by atoms with van der Waals surface area (Å²) in [4.78, 5) is 25.9. The van der Waals surface area contributed by atoms with Gasteiger partial charge in [0, 0.05) is 25.3 Å². The van der Waals surface area contributed by atoms with Crippen LogP contribution in [0.25, 0.3) is 0 Å². The first-order chi connectivity index (χ1) is 11.5. The predicted molar refractivity (Wildman–Crippen MR) is 92.8 cm³/mol. The van der Waals surface area contributed by atoms with Crippen LogP contribution in [0.1, 0.15) is 57.6 Å². The lowest BCUT2D eigenvalue weighted by atomic mass is 9.97. The molecule has 2 aliphatic heterocycles. The second-order valence-corrected chi connectivity index (χ2v) is 7.11. The lowest BCUT2D eigenvalue weighted by molar-refractivity contribution is -0.126. The maximum absolute atomic E-state index is 12.3. The fourth-order valence-electron chi connectivity index (χ4n) is 3.56. The van der Waals surface area contributed by atoms with Crippen LogP contribution < -0.4 is 10.2 Å². The molecule has 0 bridgehead atoms. The van der Waals surface area contributed by atoms with Gasteiger partial charge in [0.2, 0.25) is 11.8 Å². The molecular weight excluding hydrogens is 304 g/mol. The molecule has 0 spiro atoms. The van der Waals surface area contributed by atoms with E-state index in [0.717, 1.165) is 43.7 Å². The molecule has 0 aliphatic carbocycles. The molecule has 1 aromatic rings. The molecule has 0 radical (unpaired) electrons. The molecule has 1 N–H and O–H groups in total. The van der Waals surface area contributed by atoms with Crippen molar-refractivity contribution in [1.82, 2.24) is 5.32 Å². The highest BCUT2D eigenvalue weighted by Gasteiger charge is 2.32. The van der Waals surface area contributed by atoms with Crippen LogP contribution in [0.5, 0.6) is 0 Å². The van der Waals surface area contributed by atoms with Gasteiger partial charge in [0.05, 0.1) is 18.1 Å². The molecule has 0 saturated carbocycles. The van der Waals surface area contributed by atoms with E-state index in [0.29, 0.717) is 12.8 Å². The van der Waals surface area contributed by atoms with E-state index in [9.17, 15) is 9.59 Å². The Balaban J connectivity index is 1.57. The number of anilines is 1. The lowest BCUT2D eigenvalue weighted by Gasteiger charge is -2.24. The fourth-order valence-corrected chi connectivity index (χ4v) is 3.56. The van der Waals surface area contributed by atoms with Gasteiger partial charge in [0.25, 0.3) is 0 Å². The van der Waals surface area contributed by atoms with Gasteiger partial charge in [-0.1, -0.05) is 12.1 Å². The molecular formula is C19H26N2O3. The van der Waals surface area contributed by atoms with Crippen LogP contribution in [-0.2, 0) is 14.3 Å². The largest absolute Gasteiger partial charge is 0.375 e. The number of amides is 2. The standard InChI is InChI=1S/C19H26N2O3/c1-14(20-17(22)13-19(2)10-4-12-24-19)15-6-8-16(9-7-15)21-11-3-5-18(21)23/h6-9,14H,3-5,10-13H2,1-2H3,(H,20,22). The summed E-state index contributed by atoms with van der Waals surface area (Å²) in [5, 5.41) is 3.05. The van der Waals surface area contributed by atoms with Gasteiger partial charge < -0.3 is 15.0 Å². The molecule has 2 aliphatic rings. The highest BCUT2D eigenvalue weighted by atomic mass is 16.5. The Bertz CT molecular complexity index is 606. The van der Waals surface area contributed by atoms with Crippen LogP contribution in [-0.4, -0.2) is 30.6 Å². The Hall–Kier alpha value is -1.88. The number of carbonyl (C=O) groups is 2. The minimum Gasteiger partial charge on any atom is -0.375 e. The molecule has 3 rings (SSSR count). The van der Waals surface area contributed by atoms with E-state index >= 15 is 0 Å². The number of ether oxygens (including phenoxy) is 1. The molecule has 5 nitrogen and oxygen atoms in total. The Morgan fingerprint density at radius 2 is 2.08 bits per heavy atom. The van der Waals surface area contributed by atoms with E-state index in [1.54, 1.807) is 0 Å². The minimum atomic E-state index is -0.316. The maximum Gasteiger partial charge on any atom is 0.227 e. The second-order valence-electron chi connectivity index (χ2n) is 7.11. The van der Waals surface area contributed by atoms with Gasteiger partial charge in [0.15, 0.2) is 0 Å². The monoisotopic (exact) mass is 330 g/mol. The van der Waals surface area contributed by atoms with E-state index in [2.05, 4.69) is 5.32 Å². The zero-order valence-corrected chi connectivity index (χ0v) is 14.5. The van der Waals surface area contributed by atoms with Crippen LogP contribution >= 0.6 is 0 Å². The first-order valence-corrected chi connectivity index (χ1v) is 8.80.